The van der Waals surface area contributed by atoms with Crippen molar-refractivity contribution in [1.82, 2.24) is 10.5 Å². The van der Waals surface area contributed by atoms with Gasteiger partial charge < -0.3 is 4.74 Å². The van der Waals surface area contributed by atoms with E-state index in [1.165, 1.54) is 41.9 Å². The van der Waals surface area contributed by atoms with Crippen molar-refractivity contribution in [3.8, 4) is 11.3 Å². The zero-order valence-electron chi connectivity index (χ0n) is 17.6. The van der Waals surface area contributed by atoms with Gasteiger partial charge in [-0.05, 0) is 37.0 Å². The van der Waals surface area contributed by atoms with Gasteiger partial charge >= 0.3 is 12.1 Å². The molecule has 7 nitrogen and oxygen atoms in total. The molecule has 2 heterocycles. The first-order valence-electron chi connectivity index (χ1n) is 10.1. The second-order valence-electron chi connectivity index (χ2n) is 7.83. The first kappa shape index (κ1) is 26.0. The number of benzene rings is 1. The fourth-order valence-electron chi connectivity index (χ4n) is 3.64. The number of aromatic nitrogens is 1. The van der Waals surface area contributed by atoms with Gasteiger partial charge in [0.25, 0.3) is 5.91 Å². The minimum Gasteiger partial charge on any atom is -0.381 e. The van der Waals surface area contributed by atoms with Crippen LogP contribution in [0.4, 0.5) is 22.0 Å². The molecule has 1 saturated heterocycles. The van der Waals surface area contributed by atoms with E-state index in [1.54, 1.807) is 0 Å². The second kappa shape index (κ2) is 9.55. The zero-order valence-corrected chi connectivity index (χ0v) is 18.4. The predicted octanol–water partition coefficient (Wildman–Crippen LogP) is 3.71. The average molecular weight is 508 g/mol. The van der Waals surface area contributed by atoms with Crippen LogP contribution in [0.15, 0.2) is 47.5 Å². The smallest absolute Gasteiger partial charge is 0.381 e. The first-order valence-corrected chi connectivity index (χ1v) is 11.6. The van der Waals surface area contributed by atoms with Gasteiger partial charge in [-0.25, -0.2) is 13.9 Å². The van der Waals surface area contributed by atoms with E-state index in [0.29, 0.717) is 11.3 Å². The third-order valence-corrected chi connectivity index (χ3v) is 8.25. The van der Waals surface area contributed by atoms with Crippen molar-refractivity contribution in [3.63, 3.8) is 0 Å². The standard InChI is InChI=1S/C21H21F5N2O5S/c22-20(23,21(24,25)26)8-7-14-1-3-15(4-2-14)17-6-5-16(13-27-17)34(31,32)19(18(29)28-30)9-11-33-12-10-19/h1-6,13,30H,7-12H2,(H,28,29). The maximum absolute atomic E-state index is 13.2. The number of halogens is 5. The monoisotopic (exact) mass is 508 g/mol. The average Bonchev–Trinajstić information content (AvgIpc) is 2.82. The third-order valence-electron chi connectivity index (χ3n) is 5.77. The number of hydroxylamine groups is 1. The summed E-state index contributed by atoms with van der Waals surface area (Å²) in [4.78, 5) is 16.1. The van der Waals surface area contributed by atoms with Crippen LogP contribution in [0.5, 0.6) is 0 Å². The molecule has 1 aliphatic rings. The van der Waals surface area contributed by atoms with Crippen molar-refractivity contribution < 1.29 is 45.1 Å². The molecular formula is C21H21F5N2O5S. The first-order chi connectivity index (χ1) is 15.8. The number of nitrogens with one attached hydrogen (secondary N) is 1. The number of pyridine rings is 1. The number of carbonyl (C=O) groups excluding carboxylic acids is 1. The fourth-order valence-corrected chi connectivity index (χ4v) is 5.53. The van der Waals surface area contributed by atoms with Crippen molar-refractivity contribution in [2.24, 2.45) is 0 Å². The number of sulfone groups is 1. The van der Waals surface area contributed by atoms with Gasteiger partial charge in [0.05, 0.1) is 10.6 Å². The SMILES string of the molecule is O=C(NO)C1(S(=O)(=O)c2ccc(-c3ccc(CCC(F)(F)C(F)(F)F)cc3)nc2)CCOCC1. The molecule has 1 amide bonds. The maximum atomic E-state index is 13.2. The van der Waals surface area contributed by atoms with Crippen LogP contribution in [0.1, 0.15) is 24.8 Å². The summed E-state index contributed by atoms with van der Waals surface area (Å²) in [5, 5.41) is 9.08. The Labute approximate surface area is 191 Å². The number of hydrogen-bond acceptors (Lipinski definition) is 6. The van der Waals surface area contributed by atoms with Crippen LogP contribution in [0.3, 0.4) is 0 Å². The molecule has 2 N–H and O–H groups in total. The molecule has 0 bridgehead atoms. The van der Waals surface area contributed by atoms with Gasteiger partial charge in [0.15, 0.2) is 14.6 Å². The summed E-state index contributed by atoms with van der Waals surface area (Å²) >= 11 is 0. The van der Waals surface area contributed by atoms with Gasteiger partial charge in [-0.3, -0.25) is 15.0 Å². The van der Waals surface area contributed by atoms with E-state index in [2.05, 4.69) is 4.98 Å². The summed E-state index contributed by atoms with van der Waals surface area (Å²) in [6.07, 6.45) is -6.73. The molecule has 13 heteroatoms. The van der Waals surface area contributed by atoms with Crippen molar-refractivity contribution in [2.75, 3.05) is 13.2 Å². The van der Waals surface area contributed by atoms with Crippen LogP contribution >= 0.6 is 0 Å². The molecule has 1 aromatic carbocycles. The third kappa shape index (κ3) is 4.91. The van der Waals surface area contributed by atoms with Crippen LogP contribution in [-0.2, 0) is 25.8 Å². The molecule has 3 rings (SSSR count). The normalized spacial score (nSPS) is 16.8. The molecule has 1 aromatic heterocycles. The Morgan fingerprint density at radius 1 is 1.06 bits per heavy atom. The van der Waals surface area contributed by atoms with Crippen LogP contribution in [0.2, 0.25) is 0 Å². The molecule has 1 aliphatic heterocycles. The molecule has 0 atom stereocenters. The van der Waals surface area contributed by atoms with Gasteiger partial charge in [-0.2, -0.15) is 22.0 Å². The number of rotatable bonds is 7. The highest BCUT2D eigenvalue weighted by Crippen LogP contribution is 2.39. The number of carbonyl (C=O) groups is 1. The van der Waals surface area contributed by atoms with Crippen molar-refractivity contribution in [3.05, 3.63) is 48.2 Å². The minimum absolute atomic E-state index is 0.0133. The largest absolute Gasteiger partial charge is 0.453 e. The summed E-state index contributed by atoms with van der Waals surface area (Å²) in [6.45, 7) is 0.0266. The minimum atomic E-state index is -5.61. The Kier molecular flexibility index (Phi) is 7.29. The second-order valence-corrected chi connectivity index (χ2v) is 10.1. The van der Waals surface area contributed by atoms with Gasteiger partial charge in [0.1, 0.15) is 0 Å². The van der Waals surface area contributed by atoms with E-state index in [1.807, 2.05) is 0 Å². The Morgan fingerprint density at radius 2 is 1.68 bits per heavy atom. The van der Waals surface area contributed by atoms with Crippen LogP contribution in [0, 0.1) is 0 Å². The zero-order chi connectivity index (χ0) is 25.2. The number of nitrogens with zero attached hydrogens (tertiary/aromatic N) is 1. The molecule has 0 radical (unpaired) electrons. The number of amides is 1. The highest BCUT2D eigenvalue weighted by atomic mass is 32.2. The Morgan fingerprint density at radius 3 is 2.18 bits per heavy atom. The number of hydrogen-bond donors (Lipinski definition) is 2. The molecule has 0 unspecified atom stereocenters. The topological polar surface area (TPSA) is 106 Å². The van der Waals surface area contributed by atoms with Gasteiger partial charge in [0, 0.05) is 31.4 Å². The maximum Gasteiger partial charge on any atom is 0.453 e. The molecule has 34 heavy (non-hydrogen) atoms. The lowest BCUT2D eigenvalue weighted by Crippen LogP contribution is -2.54. The summed E-state index contributed by atoms with van der Waals surface area (Å²) in [6, 6.07) is 8.34. The van der Waals surface area contributed by atoms with Gasteiger partial charge in [-0.1, -0.05) is 24.3 Å². The number of ether oxygens (including phenoxy) is 1. The van der Waals surface area contributed by atoms with Crippen molar-refractivity contribution >= 4 is 15.7 Å². The Hall–Kier alpha value is -2.64. The fraction of sp³-hybridized carbons (Fsp3) is 0.429. The van der Waals surface area contributed by atoms with Gasteiger partial charge in [-0.15, -0.1) is 0 Å². The molecular weight excluding hydrogens is 487 g/mol. The Bertz CT molecular complexity index is 1110. The summed E-state index contributed by atoms with van der Waals surface area (Å²) < 4.78 is 92.8. The molecule has 1 fully saturated rings. The molecule has 0 aliphatic carbocycles. The van der Waals surface area contributed by atoms with Crippen LogP contribution in [0.25, 0.3) is 11.3 Å². The Balaban J connectivity index is 1.78. The number of aryl methyl sites for hydroxylation is 1. The van der Waals surface area contributed by atoms with Crippen LogP contribution < -0.4 is 5.48 Å². The van der Waals surface area contributed by atoms with Crippen LogP contribution in [-0.4, -0.2) is 54.6 Å². The lowest BCUT2D eigenvalue weighted by molar-refractivity contribution is -0.284. The van der Waals surface area contributed by atoms with E-state index in [0.717, 1.165) is 6.20 Å². The summed E-state index contributed by atoms with van der Waals surface area (Å²) in [5.74, 6) is -5.85. The highest BCUT2D eigenvalue weighted by molar-refractivity contribution is 7.93. The number of alkyl halides is 5. The van der Waals surface area contributed by atoms with E-state index in [-0.39, 0.29) is 36.5 Å². The van der Waals surface area contributed by atoms with E-state index < -0.39 is 45.4 Å². The van der Waals surface area contributed by atoms with E-state index in [4.69, 9.17) is 9.94 Å². The summed E-state index contributed by atoms with van der Waals surface area (Å²) in [5.41, 5.74) is 2.48. The summed E-state index contributed by atoms with van der Waals surface area (Å²) in [7, 11) is -4.25. The highest BCUT2D eigenvalue weighted by Gasteiger charge is 2.56. The van der Waals surface area contributed by atoms with E-state index in [9.17, 15) is 35.2 Å². The lowest BCUT2D eigenvalue weighted by atomic mass is 9.98. The molecule has 186 valence electrons. The van der Waals surface area contributed by atoms with Crippen molar-refractivity contribution in [1.29, 1.82) is 0 Å². The quantitative estimate of drug-likeness (QED) is 0.336. The predicted molar refractivity (Wildman–Crippen MR) is 109 cm³/mol. The molecule has 2 aromatic rings. The lowest BCUT2D eigenvalue weighted by Gasteiger charge is -2.34. The van der Waals surface area contributed by atoms with Crippen molar-refractivity contribution in [2.45, 2.75) is 47.4 Å². The molecule has 0 spiro atoms. The van der Waals surface area contributed by atoms with Gasteiger partial charge in [0.2, 0.25) is 0 Å². The van der Waals surface area contributed by atoms with E-state index >= 15 is 0 Å². The molecule has 0 saturated carbocycles.